The van der Waals surface area contributed by atoms with E-state index in [0.717, 1.165) is 37.9 Å². The third-order valence-electron chi connectivity index (χ3n) is 4.64. The molecule has 0 aromatic heterocycles. The van der Waals surface area contributed by atoms with E-state index in [0.29, 0.717) is 12.6 Å². The number of nitrogens with zero attached hydrogens (tertiary/aromatic N) is 1. The van der Waals surface area contributed by atoms with Crippen LogP contribution in [-0.4, -0.2) is 55.9 Å². The first-order valence-corrected chi connectivity index (χ1v) is 8.43. The zero-order valence-electron chi connectivity index (χ0n) is 13.6. The average molecular weight is 339 g/mol. The third kappa shape index (κ3) is 4.42. The van der Waals surface area contributed by atoms with Crippen molar-refractivity contribution in [3.63, 3.8) is 0 Å². The van der Waals surface area contributed by atoms with Gasteiger partial charge in [0.1, 0.15) is 11.6 Å². The fourth-order valence-corrected chi connectivity index (χ4v) is 3.32. The van der Waals surface area contributed by atoms with Crippen molar-refractivity contribution in [2.45, 2.75) is 31.4 Å². The summed E-state index contributed by atoms with van der Waals surface area (Å²) in [6.45, 7) is 3.37. The van der Waals surface area contributed by atoms with Gasteiger partial charge in [0.05, 0.1) is 12.7 Å². The molecule has 2 saturated heterocycles. The van der Waals surface area contributed by atoms with E-state index < -0.39 is 11.6 Å². The number of hydrogen-bond acceptors (Lipinski definition) is 3. The Kier molecular flexibility index (Phi) is 5.63. The Hall–Kier alpha value is -1.73. The molecule has 0 aliphatic carbocycles. The summed E-state index contributed by atoms with van der Waals surface area (Å²) < 4.78 is 32.3. The number of benzene rings is 1. The SMILES string of the molecule is O=C(NCCc1cc(F)ccc1F)NCC1CN2CCCC2CO1. The lowest BCUT2D eigenvalue weighted by Crippen LogP contribution is -2.51. The van der Waals surface area contributed by atoms with Gasteiger partial charge in [0.15, 0.2) is 0 Å². The van der Waals surface area contributed by atoms with Crippen LogP contribution in [0.4, 0.5) is 13.6 Å². The summed E-state index contributed by atoms with van der Waals surface area (Å²) in [5, 5.41) is 5.43. The van der Waals surface area contributed by atoms with E-state index in [-0.39, 0.29) is 30.7 Å². The predicted octanol–water partition coefficient (Wildman–Crippen LogP) is 1.67. The molecule has 0 spiro atoms. The minimum absolute atomic E-state index is 0.00534. The molecule has 0 saturated carbocycles. The zero-order chi connectivity index (χ0) is 16.9. The van der Waals surface area contributed by atoms with Gasteiger partial charge in [0.2, 0.25) is 0 Å². The highest BCUT2D eigenvalue weighted by molar-refractivity contribution is 5.73. The number of nitrogens with one attached hydrogen (secondary N) is 2. The highest BCUT2D eigenvalue weighted by Gasteiger charge is 2.32. The van der Waals surface area contributed by atoms with Crippen LogP contribution in [0.5, 0.6) is 0 Å². The molecule has 1 aromatic carbocycles. The van der Waals surface area contributed by atoms with Gasteiger partial charge in [-0.15, -0.1) is 0 Å². The summed E-state index contributed by atoms with van der Waals surface area (Å²) in [5.74, 6) is -0.945. The molecular formula is C17H23F2N3O2. The van der Waals surface area contributed by atoms with E-state index in [1.165, 1.54) is 12.8 Å². The standard InChI is InChI=1S/C17H23F2N3O2/c18-13-3-4-16(19)12(8-13)5-6-20-17(23)21-9-15-10-22-7-1-2-14(22)11-24-15/h3-4,8,14-15H,1-2,5-7,9-11H2,(H2,20,21,23). The second-order valence-electron chi connectivity index (χ2n) is 6.37. The second-order valence-corrected chi connectivity index (χ2v) is 6.37. The molecule has 7 heteroatoms. The van der Waals surface area contributed by atoms with Crippen molar-refractivity contribution in [3.05, 3.63) is 35.4 Å². The van der Waals surface area contributed by atoms with Crippen LogP contribution in [0, 0.1) is 11.6 Å². The lowest BCUT2D eigenvalue weighted by atomic mass is 10.1. The fourth-order valence-electron chi connectivity index (χ4n) is 3.32. The molecule has 2 atom stereocenters. The molecule has 2 N–H and O–H groups in total. The minimum atomic E-state index is -0.481. The summed E-state index contributed by atoms with van der Waals surface area (Å²) in [6, 6.07) is 3.54. The van der Waals surface area contributed by atoms with Gasteiger partial charge < -0.3 is 15.4 Å². The molecule has 3 rings (SSSR count). The highest BCUT2D eigenvalue weighted by atomic mass is 19.1. The predicted molar refractivity (Wildman–Crippen MR) is 85.8 cm³/mol. The normalized spacial score (nSPS) is 23.8. The van der Waals surface area contributed by atoms with Gasteiger partial charge in [-0.1, -0.05) is 0 Å². The molecule has 0 radical (unpaired) electrons. The lowest BCUT2D eigenvalue weighted by Gasteiger charge is -2.35. The van der Waals surface area contributed by atoms with Crippen LogP contribution in [-0.2, 0) is 11.2 Å². The Bertz CT molecular complexity index is 585. The van der Waals surface area contributed by atoms with Crippen molar-refractivity contribution < 1.29 is 18.3 Å². The Morgan fingerprint density at radius 1 is 1.33 bits per heavy atom. The van der Waals surface area contributed by atoms with E-state index >= 15 is 0 Å². The quantitative estimate of drug-likeness (QED) is 0.858. The number of urea groups is 1. The smallest absolute Gasteiger partial charge is 0.314 e. The first kappa shape index (κ1) is 17.1. The molecule has 2 aliphatic heterocycles. The molecule has 24 heavy (non-hydrogen) atoms. The summed E-state index contributed by atoms with van der Waals surface area (Å²) >= 11 is 0. The molecule has 5 nitrogen and oxygen atoms in total. The van der Waals surface area contributed by atoms with Crippen LogP contribution in [0.15, 0.2) is 18.2 Å². The van der Waals surface area contributed by atoms with E-state index in [2.05, 4.69) is 15.5 Å². The van der Waals surface area contributed by atoms with Gasteiger partial charge in [-0.25, -0.2) is 13.6 Å². The Labute approximate surface area is 140 Å². The monoisotopic (exact) mass is 339 g/mol. The Balaban J connectivity index is 1.35. The number of ether oxygens (including phenoxy) is 1. The number of amides is 2. The van der Waals surface area contributed by atoms with Crippen molar-refractivity contribution in [2.24, 2.45) is 0 Å². The molecule has 0 bridgehead atoms. The molecule has 2 fully saturated rings. The van der Waals surface area contributed by atoms with Crippen LogP contribution in [0.25, 0.3) is 0 Å². The molecule has 132 valence electrons. The lowest BCUT2D eigenvalue weighted by molar-refractivity contribution is -0.0457. The molecule has 2 amide bonds. The maximum Gasteiger partial charge on any atom is 0.314 e. The van der Waals surface area contributed by atoms with Crippen molar-refractivity contribution in [1.29, 1.82) is 0 Å². The number of carbonyl (C=O) groups excluding carboxylic acids is 1. The number of morpholine rings is 1. The van der Waals surface area contributed by atoms with E-state index in [9.17, 15) is 13.6 Å². The van der Waals surface area contributed by atoms with Crippen molar-refractivity contribution >= 4 is 6.03 Å². The number of carbonyl (C=O) groups is 1. The van der Waals surface area contributed by atoms with Gasteiger partial charge in [0.25, 0.3) is 0 Å². The molecular weight excluding hydrogens is 316 g/mol. The van der Waals surface area contributed by atoms with Gasteiger partial charge in [-0.2, -0.15) is 0 Å². The second kappa shape index (κ2) is 7.90. The summed E-state index contributed by atoms with van der Waals surface area (Å²) in [5.41, 5.74) is 0.256. The minimum Gasteiger partial charge on any atom is -0.373 e. The number of rotatable bonds is 5. The van der Waals surface area contributed by atoms with Gasteiger partial charge >= 0.3 is 6.03 Å². The van der Waals surface area contributed by atoms with Crippen LogP contribution < -0.4 is 10.6 Å². The van der Waals surface area contributed by atoms with E-state index in [4.69, 9.17) is 4.74 Å². The Morgan fingerprint density at radius 2 is 2.21 bits per heavy atom. The first-order valence-electron chi connectivity index (χ1n) is 8.43. The maximum absolute atomic E-state index is 13.5. The maximum atomic E-state index is 13.5. The number of fused-ring (bicyclic) bond motifs is 1. The summed E-state index contributed by atoms with van der Waals surface area (Å²) in [6.07, 6.45) is 2.65. The topological polar surface area (TPSA) is 53.6 Å². The number of halogens is 2. The fraction of sp³-hybridized carbons (Fsp3) is 0.588. The van der Waals surface area contributed by atoms with E-state index in [1.54, 1.807) is 0 Å². The van der Waals surface area contributed by atoms with Gasteiger partial charge in [-0.3, -0.25) is 4.90 Å². The Morgan fingerprint density at radius 3 is 3.08 bits per heavy atom. The van der Waals surface area contributed by atoms with Crippen molar-refractivity contribution in [3.8, 4) is 0 Å². The molecule has 1 aromatic rings. The van der Waals surface area contributed by atoms with E-state index in [1.807, 2.05) is 0 Å². The highest BCUT2D eigenvalue weighted by Crippen LogP contribution is 2.22. The van der Waals surface area contributed by atoms with Crippen LogP contribution in [0.1, 0.15) is 18.4 Å². The van der Waals surface area contributed by atoms with Crippen molar-refractivity contribution in [1.82, 2.24) is 15.5 Å². The largest absolute Gasteiger partial charge is 0.373 e. The molecule has 2 unspecified atom stereocenters. The van der Waals surface area contributed by atoms with Crippen LogP contribution in [0.3, 0.4) is 0 Å². The molecule has 2 heterocycles. The average Bonchev–Trinajstić information content (AvgIpc) is 3.04. The van der Waals surface area contributed by atoms with Gasteiger partial charge in [0, 0.05) is 25.7 Å². The summed E-state index contributed by atoms with van der Waals surface area (Å²) in [4.78, 5) is 14.2. The van der Waals surface area contributed by atoms with Crippen LogP contribution in [0.2, 0.25) is 0 Å². The number of hydrogen-bond donors (Lipinski definition) is 2. The molecule has 2 aliphatic rings. The van der Waals surface area contributed by atoms with Crippen molar-refractivity contribution in [2.75, 3.05) is 32.8 Å². The third-order valence-corrected chi connectivity index (χ3v) is 4.64. The summed E-state index contributed by atoms with van der Waals surface area (Å²) in [7, 11) is 0. The van der Waals surface area contributed by atoms with Gasteiger partial charge in [-0.05, 0) is 49.6 Å². The zero-order valence-corrected chi connectivity index (χ0v) is 13.6. The first-order chi connectivity index (χ1) is 11.6. The van der Waals surface area contributed by atoms with Crippen LogP contribution >= 0.6 is 0 Å².